The standard InChI is InChI=1S/C32H56N8.AtH/c1-2-10-18-17(9-1)25-33-26(18)38-28-21-13-5-6-14-22(21)30(35-28)40-32-24-16-8-7-15-23(24)31(36-32)39-29-20-12-4-3-11-19(20)27(34-29)37-25;/h17-40H,1-16H2;1H. The third-order valence-corrected chi connectivity index (χ3v) is 13.8. The van der Waals surface area contributed by atoms with Crippen molar-refractivity contribution in [2.45, 2.75) is 152 Å². The van der Waals surface area contributed by atoms with E-state index in [4.69, 9.17) is 0 Å². The second-order valence-electron chi connectivity index (χ2n) is 15.6. The van der Waals surface area contributed by atoms with E-state index in [9.17, 15) is 0 Å². The van der Waals surface area contributed by atoms with Crippen LogP contribution >= 0.6 is 0 Å². The zero-order valence-electron chi connectivity index (χ0n) is 25.0. The van der Waals surface area contributed by atoms with Crippen LogP contribution in [0.25, 0.3) is 0 Å². The molecule has 8 atom stereocenters. The van der Waals surface area contributed by atoms with Gasteiger partial charge in [0.15, 0.2) is 0 Å². The molecule has 8 nitrogen and oxygen atoms in total. The Hall–Kier alpha value is 0.563. The summed E-state index contributed by atoms with van der Waals surface area (Å²) in [5.41, 5.74) is 0. The van der Waals surface area contributed by atoms with Crippen LogP contribution in [0.2, 0.25) is 0 Å². The van der Waals surface area contributed by atoms with E-state index in [1.165, 1.54) is 103 Å². The summed E-state index contributed by atoms with van der Waals surface area (Å²) in [5, 5.41) is 33.8. The molecule has 5 heterocycles. The number of hydrogen-bond donors (Lipinski definition) is 8. The van der Waals surface area contributed by atoms with Gasteiger partial charge >= 0.3 is 26.2 Å². The fraction of sp³-hybridized carbons (Fsp3) is 1.00. The monoisotopic (exact) mass is 763 g/mol. The Kier molecular flexibility index (Phi) is 8.53. The van der Waals surface area contributed by atoms with Gasteiger partial charge < -0.3 is 0 Å². The van der Waals surface area contributed by atoms with Crippen molar-refractivity contribution >= 4 is 0 Å². The van der Waals surface area contributed by atoms with E-state index in [-0.39, 0.29) is 26.2 Å². The van der Waals surface area contributed by atoms with Crippen molar-refractivity contribution in [3.05, 3.63) is 0 Å². The quantitative estimate of drug-likeness (QED) is 0.191. The molecule has 0 radical (unpaired) electrons. The summed E-state index contributed by atoms with van der Waals surface area (Å²) in [7, 11) is 0. The second kappa shape index (κ2) is 12.1. The first-order valence-corrected chi connectivity index (χ1v) is 17.9. The van der Waals surface area contributed by atoms with Crippen LogP contribution in [-0.2, 0) is 0 Å². The van der Waals surface area contributed by atoms with Crippen molar-refractivity contribution in [3.63, 3.8) is 0 Å². The van der Waals surface area contributed by atoms with Crippen LogP contribution in [0.15, 0.2) is 0 Å². The van der Waals surface area contributed by atoms with Gasteiger partial charge in [-0.15, -0.1) is 0 Å². The Morgan fingerprint density at radius 1 is 0.220 bits per heavy atom. The molecule has 9 fully saturated rings. The molecule has 232 valence electrons. The third-order valence-electron chi connectivity index (χ3n) is 13.8. The summed E-state index contributed by atoms with van der Waals surface area (Å²) >= 11 is 0. The molecule has 9 heteroatoms. The SMILES string of the molecule is C1CCC2C3NC(NC4NC(NC5NC(NC6NC(N3)C3CCCCC63)C3CCCCC53)C3CCCCC43)C2C1.[AtH]. The van der Waals surface area contributed by atoms with Crippen LogP contribution < -0.4 is 42.5 Å². The molecule has 0 aromatic heterocycles. The molecule has 0 aromatic carbocycles. The Morgan fingerprint density at radius 3 is 0.463 bits per heavy atom. The number of nitrogens with one attached hydrogen (secondary N) is 8. The van der Waals surface area contributed by atoms with E-state index in [1.807, 2.05) is 0 Å². The molecule has 5 saturated heterocycles. The predicted octanol–water partition coefficient (Wildman–Crippen LogP) is 2.34. The van der Waals surface area contributed by atoms with E-state index in [0.29, 0.717) is 49.3 Å². The van der Waals surface area contributed by atoms with E-state index in [0.717, 1.165) is 47.3 Å². The van der Waals surface area contributed by atoms with Crippen LogP contribution in [0.3, 0.4) is 0 Å². The molecule has 41 heavy (non-hydrogen) atoms. The molecule has 5 aliphatic heterocycles. The van der Waals surface area contributed by atoms with Crippen molar-refractivity contribution < 1.29 is 26.2 Å². The number of rotatable bonds is 0. The van der Waals surface area contributed by atoms with Gasteiger partial charge in [-0.2, -0.15) is 0 Å². The summed E-state index contributed by atoms with van der Waals surface area (Å²) in [5.74, 6) is 5.97. The van der Waals surface area contributed by atoms with Crippen LogP contribution in [0, 0.1) is 73.5 Å². The molecule has 0 spiro atoms. The second-order valence-corrected chi connectivity index (χ2v) is 15.6. The first kappa shape index (κ1) is 29.0. The molecule has 4 saturated carbocycles. The van der Waals surface area contributed by atoms with Gasteiger partial charge in [-0.05, 0) is 98.7 Å². The van der Waals surface area contributed by atoms with Crippen molar-refractivity contribution in [2.75, 3.05) is 0 Å². The molecule has 0 aromatic rings. The zero-order chi connectivity index (χ0) is 26.2. The Morgan fingerprint density at radius 2 is 0.341 bits per heavy atom. The molecular formula is C32H57AtN8. The fourth-order valence-electron chi connectivity index (χ4n) is 12.0. The Labute approximate surface area is 267 Å². The topological polar surface area (TPSA) is 96.2 Å². The van der Waals surface area contributed by atoms with Crippen molar-refractivity contribution in [1.29, 1.82) is 0 Å². The van der Waals surface area contributed by atoms with Gasteiger partial charge in [0.05, 0.1) is 49.3 Å². The molecule has 8 bridgehead atoms. The van der Waals surface area contributed by atoms with Crippen molar-refractivity contribution in [2.24, 2.45) is 47.3 Å². The first-order chi connectivity index (χ1) is 19.8. The average Bonchev–Trinajstić information content (AvgIpc) is 3.73. The van der Waals surface area contributed by atoms with Gasteiger partial charge in [0, 0.05) is 0 Å². The summed E-state index contributed by atoms with van der Waals surface area (Å²) in [6.07, 6.45) is 25.6. The van der Waals surface area contributed by atoms with Gasteiger partial charge in [0.25, 0.3) is 0 Å². The van der Waals surface area contributed by atoms with Crippen LogP contribution in [0.4, 0.5) is 0 Å². The Balaban J connectivity index is 0.00000256. The van der Waals surface area contributed by atoms with Crippen LogP contribution in [-0.4, -0.2) is 49.3 Å². The van der Waals surface area contributed by atoms with Gasteiger partial charge in [0.1, 0.15) is 0 Å². The van der Waals surface area contributed by atoms with Crippen LogP contribution in [0.5, 0.6) is 0 Å². The maximum absolute atomic E-state index is 4.26. The van der Waals surface area contributed by atoms with Crippen molar-refractivity contribution in [3.8, 4) is 0 Å². The fourth-order valence-corrected chi connectivity index (χ4v) is 12.0. The summed E-state index contributed by atoms with van der Waals surface area (Å²) in [6, 6.07) is 0. The minimum absolute atomic E-state index is 0. The van der Waals surface area contributed by atoms with Gasteiger partial charge in [-0.25, -0.2) is 0 Å². The molecule has 4 aliphatic carbocycles. The van der Waals surface area contributed by atoms with Gasteiger partial charge in [-0.1, -0.05) is 51.4 Å². The Bertz CT molecular complexity index is 716. The molecule has 8 unspecified atom stereocenters. The molecule has 9 rings (SSSR count). The number of fused-ring (bicyclic) bond motifs is 20. The predicted molar refractivity (Wildman–Crippen MR) is 159 cm³/mol. The minimum atomic E-state index is 0. The van der Waals surface area contributed by atoms with E-state index >= 15 is 0 Å². The third kappa shape index (κ3) is 5.12. The molecule has 8 N–H and O–H groups in total. The van der Waals surface area contributed by atoms with Gasteiger partial charge in [-0.3, -0.25) is 42.5 Å². The van der Waals surface area contributed by atoms with Crippen LogP contribution in [0.1, 0.15) is 103 Å². The summed E-state index contributed by atoms with van der Waals surface area (Å²) < 4.78 is 0. The maximum atomic E-state index is 4.26. The first-order valence-electron chi connectivity index (χ1n) is 17.9. The normalized spacial score (nSPS) is 56.2. The van der Waals surface area contributed by atoms with Gasteiger partial charge in [0.2, 0.25) is 0 Å². The zero-order valence-corrected chi connectivity index (χ0v) is 28.1. The molecule has 0 amide bonds. The molecular weight excluding hydrogens is 706 g/mol. The van der Waals surface area contributed by atoms with E-state index < -0.39 is 0 Å². The van der Waals surface area contributed by atoms with E-state index in [2.05, 4.69) is 42.5 Å². The van der Waals surface area contributed by atoms with Crippen molar-refractivity contribution in [1.82, 2.24) is 42.5 Å². The average molecular weight is 764 g/mol. The summed E-state index contributed by atoms with van der Waals surface area (Å²) in [4.78, 5) is 0. The molecule has 9 aliphatic rings. The van der Waals surface area contributed by atoms with E-state index in [1.54, 1.807) is 0 Å². The number of hydrogen-bond acceptors (Lipinski definition) is 8. The summed E-state index contributed by atoms with van der Waals surface area (Å²) in [6.45, 7) is 0.